The molecule has 0 spiro atoms. The predicted molar refractivity (Wildman–Crippen MR) is 110 cm³/mol. The fourth-order valence-corrected chi connectivity index (χ4v) is 4.33. The molecule has 0 atom stereocenters. The van der Waals surface area contributed by atoms with E-state index in [9.17, 15) is 4.79 Å². The van der Waals surface area contributed by atoms with Gasteiger partial charge in [-0.1, -0.05) is 32.9 Å². The fraction of sp³-hybridized carbons (Fsp3) is 0.500. The van der Waals surface area contributed by atoms with Gasteiger partial charge in [-0.2, -0.15) is 0 Å². The fourth-order valence-electron chi connectivity index (χ4n) is 3.12. The van der Waals surface area contributed by atoms with Gasteiger partial charge >= 0.3 is 0 Å². The molecule has 1 aliphatic rings. The lowest BCUT2D eigenvalue weighted by Crippen LogP contribution is -2.37. The van der Waals surface area contributed by atoms with Crippen LogP contribution in [0.2, 0.25) is 0 Å². The second-order valence-electron chi connectivity index (χ2n) is 7.79. The number of rotatable bonds is 3. The number of thiazole rings is 1. The third-order valence-corrected chi connectivity index (χ3v) is 5.87. The molecule has 1 aromatic heterocycles. The number of piperidine rings is 1. The highest BCUT2D eigenvalue weighted by molar-refractivity contribution is 7.09. The van der Waals surface area contributed by atoms with Crippen molar-refractivity contribution in [1.29, 1.82) is 0 Å². The third-order valence-electron chi connectivity index (χ3n) is 4.86. The molecule has 1 aromatic carbocycles. The molecule has 1 saturated heterocycles. The lowest BCUT2D eigenvalue weighted by Gasteiger charge is -2.31. The minimum atomic E-state index is 0. The SMILES string of the molecule is CC(C)(C)c1csc(C2CCN(C(=O)c3ccc(CN)cc3)CC2)n1.Cl. The van der Waals surface area contributed by atoms with E-state index in [1.807, 2.05) is 29.2 Å². The van der Waals surface area contributed by atoms with Crippen LogP contribution in [0.25, 0.3) is 0 Å². The summed E-state index contributed by atoms with van der Waals surface area (Å²) in [5, 5.41) is 3.41. The minimum absolute atomic E-state index is 0. The molecule has 0 unspecified atom stereocenters. The molecule has 1 fully saturated rings. The summed E-state index contributed by atoms with van der Waals surface area (Å²) in [4.78, 5) is 19.5. The Bertz CT molecular complexity index is 728. The molecule has 0 saturated carbocycles. The van der Waals surface area contributed by atoms with Gasteiger partial charge in [-0.3, -0.25) is 4.79 Å². The largest absolute Gasteiger partial charge is 0.339 e. The summed E-state index contributed by atoms with van der Waals surface area (Å²) in [6.45, 7) is 8.69. The maximum absolute atomic E-state index is 12.7. The molecular formula is C20H28ClN3OS. The summed E-state index contributed by atoms with van der Waals surface area (Å²) in [6.07, 6.45) is 1.98. The van der Waals surface area contributed by atoms with Gasteiger partial charge in [0.1, 0.15) is 0 Å². The van der Waals surface area contributed by atoms with Gasteiger partial charge in [-0.25, -0.2) is 4.98 Å². The maximum Gasteiger partial charge on any atom is 0.253 e. The van der Waals surface area contributed by atoms with E-state index in [4.69, 9.17) is 10.7 Å². The zero-order valence-corrected chi connectivity index (χ0v) is 17.3. The summed E-state index contributed by atoms with van der Waals surface area (Å²) in [5.41, 5.74) is 8.69. The van der Waals surface area contributed by atoms with Crippen LogP contribution in [0.15, 0.2) is 29.6 Å². The van der Waals surface area contributed by atoms with Crippen LogP contribution in [0, 0.1) is 0 Å². The first-order valence-electron chi connectivity index (χ1n) is 8.92. The molecule has 2 N–H and O–H groups in total. The van der Waals surface area contributed by atoms with Gasteiger partial charge in [0.2, 0.25) is 0 Å². The van der Waals surface area contributed by atoms with Gasteiger partial charge in [0.05, 0.1) is 10.7 Å². The number of halogens is 1. The van der Waals surface area contributed by atoms with Crippen molar-refractivity contribution in [3.05, 3.63) is 51.5 Å². The Labute approximate surface area is 166 Å². The second-order valence-corrected chi connectivity index (χ2v) is 8.68. The van der Waals surface area contributed by atoms with Gasteiger partial charge in [0.15, 0.2) is 0 Å². The topological polar surface area (TPSA) is 59.2 Å². The summed E-state index contributed by atoms with van der Waals surface area (Å²) in [6, 6.07) is 7.63. The van der Waals surface area contributed by atoms with Crippen LogP contribution >= 0.6 is 23.7 Å². The van der Waals surface area contributed by atoms with Crippen LogP contribution in [0.1, 0.15) is 66.2 Å². The molecule has 0 aliphatic carbocycles. The van der Waals surface area contributed by atoms with Crippen molar-refractivity contribution in [2.24, 2.45) is 5.73 Å². The number of likely N-dealkylation sites (tertiary alicyclic amines) is 1. The van der Waals surface area contributed by atoms with Crippen LogP contribution in [-0.2, 0) is 12.0 Å². The van der Waals surface area contributed by atoms with Crippen molar-refractivity contribution in [3.8, 4) is 0 Å². The number of benzene rings is 1. The second kappa shape index (κ2) is 8.51. The number of nitrogens with two attached hydrogens (primary N) is 1. The first kappa shape index (κ1) is 20.9. The van der Waals surface area contributed by atoms with Gasteiger partial charge in [0.25, 0.3) is 5.91 Å². The average molecular weight is 394 g/mol. The van der Waals surface area contributed by atoms with Gasteiger partial charge in [-0.15, -0.1) is 23.7 Å². The number of nitrogens with zero attached hydrogens (tertiary/aromatic N) is 2. The summed E-state index contributed by atoms with van der Waals surface area (Å²) in [7, 11) is 0. The first-order valence-corrected chi connectivity index (χ1v) is 9.80. The highest BCUT2D eigenvalue weighted by Gasteiger charge is 2.27. The summed E-state index contributed by atoms with van der Waals surface area (Å²) >= 11 is 1.77. The molecule has 2 heterocycles. The highest BCUT2D eigenvalue weighted by atomic mass is 35.5. The van der Waals surface area contributed by atoms with Gasteiger partial charge in [0, 0.05) is 41.9 Å². The zero-order chi connectivity index (χ0) is 18.0. The number of carbonyl (C=O) groups is 1. The number of hydrogen-bond donors (Lipinski definition) is 1. The maximum atomic E-state index is 12.7. The van der Waals surface area contributed by atoms with E-state index in [0.29, 0.717) is 12.5 Å². The summed E-state index contributed by atoms with van der Waals surface area (Å²) in [5.74, 6) is 0.598. The predicted octanol–water partition coefficient (Wildman–Crippen LogP) is 4.34. The number of hydrogen-bond acceptors (Lipinski definition) is 4. The van der Waals surface area contributed by atoms with E-state index >= 15 is 0 Å². The molecule has 1 amide bonds. The normalized spacial score (nSPS) is 15.6. The van der Waals surface area contributed by atoms with Gasteiger partial charge in [-0.05, 0) is 30.5 Å². The van der Waals surface area contributed by atoms with Crippen LogP contribution < -0.4 is 5.73 Å². The molecule has 4 nitrogen and oxygen atoms in total. The van der Waals surface area contributed by atoms with Crippen molar-refractivity contribution in [1.82, 2.24) is 9.88 Å². The van der Waals surface area contributed by atoms with Crippen LogP contribution in [-0.4, -0.2) is 28.9 Å². The van der Waals surface area contributed by atoms with E-state index in [0.717, 1.165) is 37.1 Å². The molecule has 6 heteroatoms. The van der Waals surface area contributed by atoms with Crippen molar-refractivity contribution in [2.75, 3.05) is 13.1 Å². The Balaban J connectivity index is 0.00000243. The Morgan fingerprint density at radius 3 is 2.35 bits per heavy atom. The van der Waals surface area contributed by atoms with Gasteiger partial charge < -0.3 is 10.6 Å². The van der Waals surface area contributed by atoms with Crippen LogP contribution in [0.5, 0.6) is 0 Å². The first-order chi connectivity index (χ1) is 11.9. The molecule has 26 heavy (non-hydrogen) atoms. The van der Waals surface area contributed by atoms with Crippen molar-refractivity contribution >= 4 is 29.7 Å². The highest BCUT2D eigenvalue weighted by Crippen LogP contribution is 2.33. The van der Waals surface area contributed by atoms with Crippen LogP contribution in [0.4, 0.5) is 0 Å². The van der Waals surface area contributed by atoms with Crippen molar-refractivity contribution < 1.29 is 4.79 Å². The quantitative estimate of drug-likeness (QED) is 0.843. The molecule has 1 aliphatic heterocycles. The number of aromatic nitrogens is 1. The Kier molecular flexibility index (Phi) is 6.83. The monoisotopic (exact) mass is 393 g/mol. The summed E-state index contributed by atoms with van der Waals surface area (Å²) < 4.78 is 0. The minimum Gasteiger partial charge on any atom is -0.339 e. The zero-order valence-electron chi connectivity index (χ0n) is 15.7. The van der Waals surface area contributed by atoms with E-state index in [1.165, 1.54) is 10.7 Å². The Morgan fingerprint density at radius 1 is 1.23 bits per heavy atom. The van der Waals surface area contributed by atoms with E-state index in [2.05, 4.69) is 26.2 Å². The number of amides is 1. The smallest absolute Gasteiger partial charge is 0.253 e. The standard InChI is InChI=1S/C20H27N3OS.ClH/c1-20(2,3)17-13-25-18(22-17)15-8-10-23(11-9-15)19(24)16-6-4-14(12-21)5-7-16;/h4-7,13,15H,8-12,21H2,1-3H3;1H. The molecule has 0 radical (unpaired) electrons. The average Bonchev–Trinajstić information content (AvgIpc) is 3.12. The third kappa shape index (κ3) is 4.64. The molecule has 3 rings (SSSR count). The molecule has 142 valence electrons. The molecule has 2 aromatic rings. The van der Waals surface area contributed by atoms with E-state index < -0.39 is 0 Å². The van der Waals surface area contributed by atoms with E-state index in [-0.39, 0.29) is 23.7 Å². The van der Waals surface area contributed by atoms with Crippen molar-refractivity contribution in [3.63, 3.8) is 0 Å². The lowest BCUT2D eigenvalue weighted by atomic mass is 9.93. The number of carbonyl (C=O) groups excluding carboxylic acids is 1. The van der Waals surface area contributed by atoms with Crippen molar-refractivity contribution in [2.45, 2.75) is 51.5 Å². The van der Waals surface area contributed by atoms with Crippen LogP contribution in [0.3, 0.4) is 0 Å². The molecule has 0 bridgehead atoms. The molecular weight excluding hydrogens is 366 g/mol. The lowest BCUT2D eigenvalue weighted by molar-refractivity contribution is 0.0713. The Morgan fingerprint density at radius 2 is 1.85 bits per heavy atom. The Hall–Kier alpha value is -1.43. The van der Waals surface area contributed by atoms with E-state index in [1.54, 1.807) is 11.3 Å².